The van der Waals surface area contributed by atoms with E-state index < -0.39 is 10.0 Å². The predicted molar refractivity (Wildman–Crippen MR) is 105 cm³/mol. The van der Waals surface area contributed by atoms with Gasteiger partial charge >= 0.3 is 0 Å². The van der Waals surface area contributed by atoms with Gasteiger partial charge in [0.1, 0.15) is 5.75 Å². The smallest absolute Gasteiger partial charge is 0.243 e. The summed E-state index contributed by atoms with van der Waals surface area (Å²) >= 11 is 6.11. The zero-order valence-corrected chi connectivity index (χ0v) is 16.6. The van der Waals surface area contributed by atoms with Crippen LogP contribution >= 0.6 is 11.6 Å². The molecule has 3 rings (SSSR count). The second-order valence-electron chi connectivity index (χ2n) is 6.23. The molecule has 0 aliphatic carbocycles. The normalized spacial score (nSPS) is 15.9. The van der Waals surface area contributed by atoms with Crippen molar-refractivity contribution < 1.29 is 13.2 Å². The molecule has 0 radical (unpaired) electrons. The van der Waals surface area contributed by atoms with Crippen LogP contribution in [-0.2, 0) is 10.0 Å². The number of anilines is 1. The van der Waals surface area contributed by atoms with Crippen LogP contribution in [-0.4, -0.2) is 45.5 Å². The van der Waals surface area contributed by atoms with Gasteiger partial charge in [-0.05, 0) is 55.8 Å². The van der Waals surface area contributed by atoms with Crippen LogP contribution in [0.2, 0.25) is 5.02 Å². The molecule has 0 N–H and O–H groups in total. The van der Waals surface area contributed by atoms with Gasteiger partial charge in [0.05, 0.1) is 11.5 Å². The third kappa shape index (κ3) is 3.98. The number of rotatable bonds is 5. The Hall–Kier alpha value is -1.76. The highest BCUT2D eigenvalue weighted by atomic mass is 35.5. The Balaban J connectivity index is 1.71. The molecule has 1 fully saturated rings. The summed E-state index contributed by atoms with van der Waals surface area (Å²) in [6, 6.07) is 12.4. The third-order valence-electron chi connectivity index (χ3n) is 4.52. The topological polar surface area (TPSA) is 49.9 Å². The minimum Gasteiger partial charge on any atom is -0.494 e. The molecule has 26 heavy (non-hydrogen) atoms. The van der Waals surface area contributed by atoms with Crippen molar-refractivity contribution in [3.05, 3.63) is 53.1 Å². The average Bonchev–Trinajstić information content (AvgIpc) is 2.64. The van der Waals surface area contributed by atoms with Gasteiger partial charge in [-0.2, -0.15) is 4.31 Å². The van der Waals surface area contributed by atoms with Crippen molar-refractivity contribution in [3.63, 3.8) is 0 Å². The van der Waals surface area contributed by atoms with Gasteiger partial charge in [-0.3, -0.25) is 0 Å². The molecule has 0 bridgehead atoms. The van der Waals surface area contributed by atoms with Crippen LogP contribution in [0, 0.1) is 6.92 Å². The zero-order chi connectivity index (χ0) is 18.7. The summed E-state index contributed by atoms with van der Waals surface area (Å²) in [4.78, 5) is 2.49. The van der Waals surface area contributed by atoms with Gasteiger partial charge in [0.25, 0.3) is 0 Å². The molecule has 0 amide bonds. The fourth-order valence-electron chi connectivity index (χ4n) is 3.12. The Labute approximate surface area is 160 Å². The molecule has 0 atom stereocenters. The highest BCUT2D eigenvalue weighted by Crippen LogP contribution is 2.27. The van der Waals surface area contributed by atoms with Gasteiger partial charge in [0.2, 0.25) is 10.0 Å². The summed E-state index contributed by atoms with van der Waals surface area (Å²) in [6.07, 6.45) is 0. The first-order valence-corrected chi connectivity index (χ1v) is 10.5. The maximum Gasteiger partial charge on any atom is 0.243 e. The number of hydrogen-bond acceptors (Lipinski definition) is 4. The molecule has 2 aromatic rings. The van der Waals surface area contributed by atoms with Crippen molar-refractivity contribution in [2.75, 3.05) is 37.7 Å². The fourth-order valence-corrected chi connectivity index (χ4v) is 4.70. The molecule has 0 spiro atoms. The van der Waals surface area contributed by atoms with E-state index in [9.17, 15) is 8.42 Å². The van der Waals surface area contributed by atoms with E-state index in [0.717, 1.165) is 11.3 Å². The molecule has 0 saturated carbocycles. The van der Waals surface area contributed by atoms with E-state index in [-0.39, 0.29) is 0 Å². The number of benzene rings is 2. The van der Waals surface area contributed by atoms with Crippen molar-refractivity contribution >= 4 is 27.3 Å². The zero-order valence-electron chi connectivity index (χ0n) is 15.0. The molecule has 7 heteroatoms. The monoisotopic (exact) mass is 394 g/mol. The van der Waals surface area contributed by atoms with Crippen LogP contribution < -0.4 is 9.64 Å². The highest BCUT2D eigenvalue weighted by molar-refractivity contribution is 7.89. The van der Waals surface area contributed by atoms with E-state index in [4.69, 9.17) is 16.3 Å². The highest BCUT2D eigenvalue weighted by Gasteiger charge is 2.29. The summed E-state index contributed by atoms with van der Waals surface area (Å²) in [5, 5.41) is 0.690. The summed E-state index contributed by atoms with van der Waals surface area (Å²) in [7, 11) is -3.49. The lowest BCUT2D eigenvalue weighted by Gasteiger charge is -2.36. The minimum absolute atomic E-state index is 0.299. The van der Waals surface area contributed by atoms with Crippen LogP contribution in [0.3, 0.4) is 0 Å². The Morgan fingerprint density at radius 3 is 2.31 bits per heavy atom. The fraction of sp³-hybridized carbons (Fsp3) is 0.368. The van der Waals surface area contributed by atoms with E-state index >= 15 is 0 Å². The van der Waals surface area contributed by atoms with E-state index in [1.807, 2.05) is 32.0 Å². The number of nitrogens with zero attached hydrogens (tertiary/aromatic N) is 2. The number of piperazine rings is 1. The number of halogens is 1. The lowest BCUT2D eigenvalue weighted by molar-refractivity contribution is 0.340. The van der Waals surface area contributed by atoms with Gasteiger partial charge in [-0.15, -0.1) is 0 Å². The molecular weight excluding hydrogens is 372 g/mol. The van der Waals surface area contributed by atoms with Crippen LogP contribution in [0.1, 0.15) is 12.5 Å². The number of ether oxygens (including phenoxy) is 1. The van der Waals surface area contributed by atoms with Crippen LogP contribution in [0.5, 0.6) is 5.75 Å². The Bertz CT molecular complexity index is 861. The summed E-state index contributed by atoms with van der Waals surface area (Å²) in [5.74, 6) is 0.674. The van der Waals surface area contributed by atoms with Crippen LogP contribution in [0.4, 0.5) is 5.69 Å². The molecule has 1 aliphatic rings. The Morgan fingerprint density at radius 1 is 1.04 bits per heavy atom. The maximum absolute atomic E-state index is 12.9. The second kappa shape index (κ2) is 7.86. The summed E-state index contributed by atoms with van der Waals surface area (Å²) < 4.78 is 32.6. The van der Waals surface area contributed by atoms with E-state index in [2.05, 4.69) is 4.90 Å². The molecule has 1 aliphatic heterocycles. The number of sulfonamides is 1. The molecule has 1 heterocycles. The van der Waals surface area contributed by atoms with Gasteiger partial charge < -0.3 is 9.64 Å². The van der Waals surface area contributed by atoms with Crippen molar-refractivity contribution in [1.82, 2.24) is 4.31 Å². The van der Waals surface area contributed by atoms with Gasteiger partial charge in [-0.25, -0.2) is 8.42 Å². The van der Waals surface area contributed by atoms with Crippen molar-refractivity contribution in [2.45, 2.75) is 18.7 Å². The first-order valence-electron chi connectivity index (χ1n) is 8.66. The molecule has 0 aromatic heterocycles. The first kappa shape index (κ1) is 19.0. The predicted octanol–water partition coefficient (Wildman–Crippen LogP) is 3.56. The van der Waals surface area contributed by atoms with Gasteiger partial charge in [0.15, 0.2) is 0 Å². The quantitative estimate of drug-likeness (QED) is 0.778. The van der Waals surface area contributed by atoms with Gasteiger partial charge in [-0.1, -0.05) is 17.7 Å². The SMILES string of the molecule is CCOc1ccc(S(=O)(=O)N2CCN(c3cc(Cl)ccc3C)CC2)cc1. The second-order valence-corrected chi connectivity index (χ2v) is 8.60. The van der Waals surface area contributed by atoms with E-state index in [1.165, 1.54) is 0 Å². The van der Waals surface area contributed by atoms with Gasteiger partial charge in [0, 0.05) is 36.9 Å². The Morgan fingerprint density at radius 2 is 1.69 bits per heavy atom. The van der Waals surface area contributed by atoms with Crippen molar-refractivity contribution in [3.8, 4) is 5.75 Å². The lowest BCUT2D eigenvalue weighted by atomic mass is 10.1. The standard InChI is InChI=1S/C19H23ClN2O3S/c1-3-25-17-6-8-18(9-7-17)26(23,24)22-12-10-21(11-13-22)19-14-16(20)5-4-15(19)2/h4-9,14H,3,10-13H2,1-2H3. The number of hydrogen-bond donors (Lipinski definition) is 0. The number of aryl methyl sites for hydroxylation is 1. The average molecular weight is 395 g/mol. The molecule has 1 saturated heterocycles. The van der Waals surface area contributed by atoms with Crippen molar-refractivity contribution in [1.29, 1.82) is 0 Å². The maximum atomic E-state index is 12.9. The molecular formula is C19H23ClN2O3S. The minimum atomic E-state index is -3.49. The van der Waals surface area contributed by atoms with Crippen molar-refractivity contribution in [2.24, 2.45) is 0 Å². The molecule has 5 nitrogen and oxygen atoms in total. The lowest BCUT2D eigenvalue weighted by Crippen LogP contribution is -2.48. The largest absolute Gasteiger partial charge is 0.494 e. The molecule has 0 unspecified atom stereocenters. The summed E-state index contributed by atoms with van der Waals surface area (Å²) in [6.45, 7) is 6.65. The van der Waals surface area contributed by atoms with E-state index in [1.54, 1.807) is 28.6 Å². The molecule has 2 aromatic carbocycles. The third-order valence-corrected chi connectivity index (χ3v) is 6.67. The molecule has 140 valence electrons. The Kier molecular flexibility index (Phi) is 5.75. The van der Waals surface area contributed by atoms with E-state index in [0.29, 0.717) is 48.5 Å². The van der Waals surface area contributed by atoms with Crippen LogP contribution in [0.15, 0.2) is 47.4 Å². The summed E-state index contributed by atoms with van der Waals surface area (Å²) in [5.41, 5.74) is 2.20. The van der Waals surface area contributed by atoms with Crippen LogP contribution in [0.25, 0.3) is 0 Å². The first-order chi connectivity index (χ1) is 12.4.